The van der Waals surface area contributed by atoms with Crippen LogP contribution in [0, 0.1) is 17.0 Å². The molecule has 0 bridgehead atoms. The van der Waals surface area contributed by atoms with Gasteiger partial charge in [0.05, 0.1) is 10.7 Å². The van der Waals surface area contributed by atoms with E-state index in [0.29, 0.717) is 27.3 Å². The van der Waals surface area contributed by atoms with Crippen LogP contribution in [0.1, 0.15) is 5.56 Å². The molecular weight excluding hydrogens is 462 g/mol. The van der Waals surface area contributed by atoms with Crippen molar-refractivity contribution in [3.8, 4) is 17.1 Å². The van der Waals surface area contributed by atoms with Crippen molar-refractivity contribution in [1.82, 2.24) is 14.8 Å². The average molecular weight is 480 g/mol. The van der Waals surface area contributed by atoms with Gasteiger partial charge in [-0.15, -0.1) is 10.2 Å². The van der Waals surface area contributed by atoms with E-state index in [1.807, 2.05) is 43.3 Å². The molecule has 0 saturated carbocycles. The Hall–Kier alpha value is -3.69. The second kappa shape index (κ2) is 9.85. The summed E-state index contributed by atoms with van der Waals surface area (Å²) in [6, 6.07) is 20.9. The number of carbonyl (C=O) groups excluding carboxylic acids is 1. The molecule has 1 N–H and O–H groups in total. The molecule has 0 aliphatic rings. The predicted octanol–water partition coefficient (Wildman–Crippen LogP) is 5.54. The minimum atomic E-state index is -0.454. The summed E-state index contributed by atoms with van der Waals surface area (Å²) in [4.78, 5) is 23.4. The van der Waals surface area contributed by atoms with Gasteiger partial charge < -0.3 is 5.32 Å². The van der Waals surface area contributed by atoms with E-state index >= 15 is 0 Å². The summed E-state index contributed by atoms with van der Waals surface area (Å²) in [6.07, 6.45) is 0. The molecule has 8 nitrogen and oxygen atoms in total. The van der Waals surface area contributed by atoms with Gasteiger partial charge in [-0.05, 0) is 36.8 Å². The molecule has 10 heteroatoms. The maximum Gasteiger partial charge on any atom is 0.270 e. The Balaban J connectivity index is 1.62. The monoisotopic (exact) mass is 479 g/mol. The molecule has 0 radical (unpaired) electrons. The van der Waals surface area contributed by atoms with Gasteiger partial charge in [0.1, 0.15) is 0 Å². The number of nitro benzene ring substituents is 1. The third-order valence-corrected chi connectivity index (χ3v) is 5.93. The van der Waals surface area contributed by atoms with Gasteiger partial charge in [-0.1, -0.05) is 59.8 Å². The van der Waals surface area contributed by atoms with Crippen molar-refractivity contribution in [2.45, 2.75) is 12.1 Å². The molecule has 0 fully saturated rings. The SMILES string of the molecule is Cc1ccc(Cl)cc1NC(=O)CSc1nnc(-c2cccc([N+](=O)[O-])c2)n1-c1ccccc1. The molecule has 166 valence electrons. The van der Waals surface area contributed by atoms with Gasteiger partial charge in [-0.3, -0.25) is 19.5 Å². The highest BCUT2D eigenvalue weighted by atomic mass is 35.5. The van der Waals surface area contributed by atoms with E-state index in [-0.39, 0.29) is 17.3 Å². The highest BCUT2D eigenvalue weighted by molar-refractivity contribution is 7.99. The number of non-ortho nitro benzene ring substituents is 1. The van der Waals surface area contributed by atoms with Crippen LogP contribution in [0.25, 0.3) is 17.1 Å². The lowest BCUT2D eigenvalue weighted by Gasteiger charge is -2.11. The number of nitrogens with one attached hydrogen (secondary N) is 1. The molecule has 0 unspecified atom stereocenters. The van der Waals surface area contributed by atoms with E-state index in [9.17, 15) is 14.9 Å². The number of hydrogen-bond donors (Lipinski definition) is 1. The van der Waals surface area contributed by atoms with Crippen molar-refractivity contribution in [2.24, 2.45) is 0 Å². The number of amides is 1. The van der Waals surface area contributed by atoms with Crippen LogP contribution in [0.2, 0.25) is 5.02 Å². The molecule has 0 atom stereocenters. The molecule has 1 heterocycles. The number of carbonyl (C=O) groups is 1. The van der Waals surface area contributed by atoms with Crippen LogP contribution >= 0.6 is 23.4 Å². The van der Waals surface area contributed by atoms with Crippen LogP contribution < -0.4 is 5.32 Å². The van der Waals surface area contributed by atoms with Gasteiger partial charge in [-0.2, -0.15) is 0 Å². The first-order valence-electron chi connectivity index (χ1n) is 9.87. The number of thioether (sulfide) groups is 1. The Morgan fingerprint density at radius 2 is 1.88 bits per heavy atom. The van der Waals surface area contributed by atoms with Crippen molar-refractivity contribution < 1.29 is 9.72 Å². The molecule has 0 spiro atoms. The Bertz CT molecular complexity index is 1330. The summed E-state index contributed by atoms with van der Waals surface area (Å²) in [5.41, 5.74) is 2.83. The van der Waals surface area contributed by atoms with Gasteiger partial charge in [-0.25, -0.2) is 0 Å². The van der Waals surface area contributed by atoms with E-state index in [4.69, 9.17) is 11.6 Å². The minimum Gasteiger partial charge on any atom is -0.325 e. The predicted molar refractivity (Wildman–Crippen MR) is 129 cm³/mol. The third kappa shape index (κ3) is 5.21. The second-order valence-corrected chi connectivity index (χ2v) is 8.46. The van der Waals surface area contributed by atoms with Crippen molar-refractivity contribution >= 4 is 40.6 Å². The van der Waals surface area contributed by atoms with Crippen LogP contribution in [0.3, 0.4) is 0 Å². The molecule has 0 saturated heterocycles. The minimum absolute atomic E-state index is 0.0411. The standard InChI is InChI=1S/C23H18ClN5O3S/c1-15-10-11-17(24)13-20(15)25-21(30)14-33-23-27-26-22(28(23)18-7-3-2-4-8-18)16-6-5-9-19(12-16)29(31)32/h2-13H,14H2,1H3,(H,25,30). The summed E-state index contributed by atoms with van der Waals surface area (Å²) in [7, 11) is 0. The number of aryl methyl sites for hydroxylation is 1. The fraction of sp³-hybridized carbons (Fsp3) is 0.0870. The van der Waals surface area contributed by atoms with Crippen molar-refractivity contribution in [2.75, 3.05) is 11.1 Å². The Kier molecular flexibility index (Phi) is 6.71. The van der Waals surface area contributed by atoms with E-state index < -0.39 is 4.92 Å². The highest BCUT2D eigenvalue weighted by Gasteiger charge is 2.19. The van der Waals surface area contributed by atoms with Gasteiger partial charge in [0.25, 0.3) is 5.69 Å². The molecule has 0 aliphatic carbocycles. The number of halogens is 1. The summed E-state index contributed by atoms with van der Waals surface area (Å²) >= 11 is 7.25. The number of nitro groups is 1. The van der Waals surface area contributed by atoms with Gasteiger partial charge in [0.15, 0.2) is 11.0 Å². The lowest BCUT2D eigenvalue weighted by atomic mass is 10.2. The normalized spacial score (nSPS) is 10.7. The molecule has 4 aromatic rings. The fourth-order valence-corrected chi connectivity index (χ4v) is 4.09. The number of nitrogens with zero attached hydrogens (tertiary/aromatic N) is 4. The molecule has 4 rings (SSSR count). The summed E-state index contributed by atoms with van der Waals surface area (Å²) < 4.78 is 1.78. The van der Waals surface area contributed by atoms with Crippen LogP contribution in [0.5, 0.6) is 0 Å². The van der Waals surface area contributed by atoms with Crippen molar-refractivity contribution in [3.63, 3.8) is 0 Å². The summed E-state index contributed by atoms with van der Waals surface area (Å²) in [6.45, 7) is 1.89. The smallest absolute Gasteiger partial charge is 0.270 e. The Morgan fingerprint density at radius 1 is 1.09 bits per heavy atom. The zero-order chi connectivity index (χ0) is 23.4. The first-order valence-corrected chi connectivity index (χ1v) is 11.2. The Labute approximate surface area is 198 Å². The number of benzene rings is 3. The quantitative estimate of drug-likeness (QED) is 0.212. The number of aromatic nitrogens is 3. The highest BCUT2D eigenvalue weighted by Crippen LogP contribution is 2.30. The van der Waals surface area contributed by atoms with Crippen LogP contribution in [-0.2, 0) is 4.79 Å². The van der Waals surface area contributed by atoms with E-state index in [2.05, 4.69) is 15.5 Å². The van der Waals surface area contributed by atoms with E-state index in [1.165, 1.54) is 23.9 Å². The van der Waals surface area contributed by atoms with Gasteiger partial charge in [0.2, 0.25) is 5.91 Å². The Morgan fingerprint density at radius 3 is 2.64 bits per heavy atom. The number of anilines is 1. The summed E-state index contributed by atoms with van der Waals surface area (Å²) in [5, 5.41) is 23.6. The van der Waals surface area contributed by atoms with Crippen LogP contribution in [0.15, 0.2) is 78.0 Å². The molecule has 1 amide bonds. The van der Waals surface area contributed by atoms with Crippen molar-refractivity contribution in [1.29, 1.82) is 0 Å². The summed E-state index contributed by atoms with van der Waals surface area (Å²) in [5.74, 6) is 0.314. The number of hydrogen-bond acceptors (Lipinski definition) is 6. The van der Waals surface area contributed by atoms with Crippen molar-refractivity contribution in [3.05, 3.63) is 93.5 Å². The van der Waals surface area contributed by atoms with E-state index in [0.717, 1.165) is 11.3 Å². The molecule has 0 aliphatic heterocycles. The van der Waals surface area contributed by atoms with Gasteiger partial charge in [0, 0.05) is 34.1 Å². The second-order valence-electron chi connectivity index (χ2n) is 7.08. The number of para-hydroxylation sites is 1. The zero-order valence-corrected chi connectivity index (χ0v) is 19.0. The first-order chi connectivity index (χ1) is 15.9. The molecule has 1 aromatic heterocycles. The van der Waals surface area contributed by atoms with E-state index in [1.54, 1.807) is 28.8 Å². The first kappa shape index (κ1) is 22.5. The molecule has 3 aromatic carbocycles. The zero-order valence-electron chi connectivity index (χ0n) is 17.4. The maximum absolute atomic E-state index is 12.6. The lowest BCUT2D eigenvalue weighted by Crippen LogP contribution is -2.15. The average Bonchev–Trinajstić information content (AvgIpc) is 3.25. The van der Waals surface area contributed by atoms with Crippen LogP contribution in [-0.4, -0.2) is 31.3 Å². The van der Waals surface area contributed by atoms with Gasteiger partial charge >= 0.3 is 0 Å². The van der Waals surface area contributed by atoms with Crippen LogP contribution in [0.4, 0.5) is 11.4 Å². The topological polar surface area (TPSA) is 103 Å². The fourth-order valence-electron chi connectivity index (χ4n) is 3.16. The lowest BCUT2D eigenvalue weighted by molar-refractivity contribution is -0.384. The maximum atomic E-state index is 12.6. The largest absolute Gasteiger partial charge is 0.325 e. The molecule has 33 heavy (non-hydrogen) atoms. The molecular formula is C23H18ClN5O3S. The third-order valence-electron chi connectivity index (χ3n) is 4.77. The number of rotatable bonds is 7.